The molecule has 0 unspecified atom stereocenters. The molecule has 1 aliphatic rings. The maximum Gasteiger partial charge on any atom is 0.264 e. The average Bonchev–Trinajstić information content (AvgIpc) is 3.18. The molecule has 1 fully saturated rings. The van der Waals surface area contributed by atoms with Crippen LogP contribution in [0, 0.1) is 18.3 Å². The Morgan fingerprint density at radius 3 is 2.47 bits per heavy atom. The third-order valence-electron chi connectivity index (χ3n) is 5.76. The van der Waals surface area contributed by atoms with Gasteiger partial charge in [-0.2, -0.15) is 5.26 Å². The van der Waals surface area contributed by atoms with Crippen LogP contribution in [0.1, 0.15) is 16.7 Å². The van der Waals surface area contributed by atoms with Crippen molar-refractivity contribution < 1.29 is 9.59 Å². The molecule has 1 aliphatic heterocycles. The highest BCUT2D eigenvalue weighted by molar-refractivity contribution is 8.05. The van der Waals surface area contributed by atoms with Crippen LogP contribution in [-0.4, -0.2) is 23.6 Å². The Morgan fingerprint density at radius 1 is 1.08 bits per heavy atom. The zero-order valence-corrected chi connectivity index (χ0v) is 21.8. The molecule has 182 valence electrons. The smallest absolute Gasteiger partial charge is 0.264 e. The van der Waals surface area contributed by atoms with Crippen molar-refractivity contribution in [1.82, 2.24) is 5.32 Å². The topological polar surface area (TPSA) is 73.2 Å². The van der Waals surface area contributed by atoms with E-state index >= 15 is 0 Å². The standard InChI is InChI=1S/C28H23Cl2N3O2S/c1-18-7-11-22(12-8-18)33-27(35)25(15-20-9-10-21(29)16-24(20)30)36-28(33)23(17-31)26(34)32-14-13-19-5-3-2-4-6-19/h2-12,16,25H,13-15H2,1H3,(H,32,34)/b28-23-/t25-/m1/s1. The Hall–Kier alpha value is -3.24. The number of carbonyl (C=O) groups excluding carboxylic acids is 2. The monoisotopic (exact) mass is 535 g/mol. The van der Waals surface area contributed by atoms with Crippen LogP contribution in [0.3, 0.4) is 0 Å². The quantitative estimate of drug-likeness (QED) is 0.293. The molecule has 8 heteroatoms. The first-order valence-corrected chi connectivity index (χ1v) is 13.0. The first-order valence-electron chi connectivity index (χ1n) is 11.3. The van der Waals surface area contributed by atoms with E-state index in [0.717, 1.165) is 16.7 Å². The largest absolute Gasteiger partial charge is 0.351 e. The third-order valence-corrected chi connectivity index (χ3v) is 7.61. The molecule has 0 saturated carbocycles. The normalized spacial score (nSPS) is 16.6. The van der Waals surface area contributed by atoms with Crippen LogP contribution in [0.4, 0.5) is 5.69 Å². The van der Waals surface area contributed by atoms with Crippen LogP contribution in [-0.2, 0) is 22.4 Å². The second kappa shape index (κ2) is 11.7. The van der Waals surface area contributed by atoms with Gasteiger partial charge in [-0.15, -0.1) is 0 Å². The van der Waals surface area contributed by atoms with Crippen LogP contribution in [0.15, 0.2) is 83.4 Å². The first-order chi connectivity index (χ1) is 17.4. The molecule has 1 N–H and O–H groups in total. The number of halogens is 2. The van der Waals surface area contributed by atoms with Gasteiger partial charge < -0.3 is 5.32 Å². The molecule has 0 aromatic heterocycles. The minimum absolute atomic E-state index is 0.0910. The van der Waals surface area contributed by atoms with Gasteiger partial charge in [0.05, 0.1) is 5.25 Å². The van der Waals surface area contributed by atoms with E-state index in [2.05, 4.69) is 5.32 Å². The maximum atomic E-state index is 13.6. The van der Waals surface area contributed by atoms with E-state index in [-0.39, 0.29) is 11.5 Å². The number of nitriles is 1. The van der Waals surface area contributed by atoms with Crippen LogP contribution >= 0.6 is 35.0 Å². The molecule has 0 bridgehead atoms. The number of nitrogens with zero attached hydrogens (tertiary/aromatic N) is 2. The number of hydrogen-bond donors (Lipinski definition) is 1. The fraction of sp³-hybridized carbons (Fsp3) is 0.179. The highest BCUT2D eigenvalue weighted by atomic mass is 35.5. The lowest BCUT2D eigenvalue weighted by Gasteiger charge is -2.19. The summed E-state index contributed by atoms with van der Waals surface area (Å²) in [6, 6.07) is 24.4. The molecule has 4 rings (SSSR count). The van der Waals surface area contributed by atoms with Crippen molar-refractivity contribution in [3.05, 3.63) is 110 Å². The minimum Gasteiger partial charge on any atom is -0.351 e. The molecule has 1 saturated heterocycles. The lowest BCUT2D eigenvalue weighted by molar-refractivity contribution is -0.117. The van der Waals surface area contributed by atoms with E-state index in [1.165, 1.54) is 16.7 Å². The number of aryl methyl sites for hydroxylation is 1. The van der Waals surface area contributed by atoms with E-state index in [1.807, 2.05) is 67.6 Å². The molecule has 0 spiro atoms. The van der Waals surface area contributed by atoms with E-state index in [1.54, 1.807) is 18.2 Å². The van der Waals surface area contributed by atoms with Gasteiger partial charge in [-0.1, -0.05) is 89.1 Å². The number of rotatable bonds is 7. The SMILES string of the molecule is Cc1ccc(N2C(=O)[C@@H](Cc3ccc(Cl)cc3Cl)S/C2=C(/C#N)C(=O)NCCc2ccccc2)cc1. The Morgan fingerprint density at radius 2 is 1.81 bits per heavy atom. The van der Waals surface area contributed by atoms with Crippen molar-refractivity contribution in [3.8, 4) is 6.07 Å². The number of benzene rings is 3. The minimum atomic E-state index is -0.555. The average molecular weight is 536 g/mol. The fourth-order valence-corrected chi connectivity index (χ4v) is 5.64. The Balaban J connectivity index is 1.63. The van der Waals surface area contributed by atoms with Gasteiger partial charge in [0.25, 0.3) is 5.91 Å². The summed E-state index contributed by atoms with van der Waals surface area (Å²) in [7, 11) is 0. The van der Waals surface area contributed by atoms with E-state index in [0.29, 0.717) is 40.1 Å². The van der Waals surface area contributed by atoms with E-state index in [4.69, 9.17) is 23.2 Å². The van der Waals surface area contributed by atoms with Crippen molar-refractivity contribution in [2.45, 2.75) is 25.0 Å². The van der Waals surface area contributed by atoms with Crippen LogP contribution in [0.5, 0.6) is 0 Å². The van der Waals surface area contributed by atoms with Crippen molar-refractivity contribution in [3.63, 3.8) is 0 Å². The van der Waals surface area contributed by atoms with Gasteiger partial charge in [0, 0.05) is 22.3 Å². The van der Waals surface area contributed by atoms with Gasteiger partial charge in [-0.25, -0.2) is 0 Å². The van der Waals surface area contributed by atoms with Gasteiger partial charge in [-0.3, -0.25) is 14.5 Å². The number of amides is 2. The number of thioether (sulfide) groups is 1. The lowest BCUT2D eigenvalue weighted by Crippen LogP contribution is -2.32. The zero-order valence-electron chi connectivity index (χ0n) is 19.5. The van der Waals surface area contributed by atoms with Crippen molar-refractivity contribution in [2.24, 2.45) is 0 Å². The number of hydrogen-bond acceptors (Lipinski definition) is 4. The van der Waals surface area contributed by atoms with Gasteiger partial charge in [0.1, 0.15) is 16.7 Å². The maximum absolute atomic E-state index is 13.6. The summed E-state index contributed by atoms with van der Waals surface area (Å²) >= 11 is 13.6. The number of anilines is 1. The molecule has 1 heterocycles. The number of carbonyl (C=O) groups is 2. The molecular weight excluding hydrogens is 513 g/mol. The summed E-state index contributed by atoms with van der Waals surface area (Å²) in [5, 5.41) is 13.5. The Bertz CT molecular complexity index is 1350. The van der Waals surface area contributed by atoms with Crippen LogP contribution in [0.2, 0.25) is 10.0 Å². The molecule has 1 atom stereocenters. The summed E-state index contributed by atoms with van der Waals surface area (Å²) in [6.45, 7) is 2.32. The van der Waals surface area contributed by atoms with E-state index in [9.17, 15) is 14.9 Å². The molecule has 5 nitrogen and oxygen atoms in total. The van der Waals surface area contributed by atoms with Crippen LogP contribution in [0.25, 0.3) is 0 Å². The zero-order chi connectivity index (χ0) is 25.7. The molecule has 36 heavy (non-hydrogen) atoms. The predicted octanol–water partition coefficient (Wildman–Crippen LogP) is 6.09. The lowest BCUT2D eigenvalue weighted by atomic mass is 10.1. The van der Waals surface area contributed by atoms with Gasteiger partial charge >= 0.3 is 0 Å². The Kier molecular flexibility index (Phi) is 8.37. The summed E-state index contributed by atoms with van der Waals surface area (Å²) in [5.74, 6) is -0.722. The van der Waals surface area contributed by atoms with Crippen molar-refractivity contribution in [1.29, 1.82) is 5.26 Å². The van der Waals surface area contributed by atoms with Gasteiger partial charge in [-0.05, 0) is 55.2 Å². The summed E-state index contributed by atoms with van der Waals surface area (Å²) in [4.78, 5) is 28.1. The van der Waals surface area contributed by atoms with Crippen molar-refractivity contribution in [2.75, 3.05) is 11.4 Å². The third kappa shape index (κ3) is 5.93. The highest BCUT2D eigenvalue weighted by Crippen LogP contribution is 2.42. The molecule has 3 aromatic carbocycles. The second-order valence-electron chi connectivity index (χ2n) is 8.34. The first kappa shape index (κ1) is 25.8. The summed E-state index contributed by atoms with van der Waals surface area (Å²) in [6.07, 6.45) is 0.964. The van der Waals surface area contributed by atoms with Crippen molar-refractivity contribution >= 4 is 52.5 Å². The fourth-order valence-electron chi connectivity index (χ4n) is 3.86. The second-order valence-corrected chi connectivity index (χ2v) is 10.4. The summed E-state index contributed by atoms with van der Waals surface area (Å²) in [5.41, 5.74) is 3.39. The highest BCUT2D eigenvalue weighted by Gasteiger charge is 2.41. The van der Waals surface area contributed by atoms with Gasteiger partial charge in [0.2, 0.25) is 5.91 Å². The predicted molar refractivity (Wildman–Crippen MR) is 146 cm³/mol. The summed E-state index contributed by atoms with van der Waals surface area (Å²) < 4.78 is 0. The Labute approximate surface area is 224 Å². The van der Waals surface area contributed by atoms with E-state index < -0.39 is 11.2 Å². The molecular formula is C28H23Cl2N3O2S. The van der Waals surface area contributed by atoms with Crippen LogP contribution < -0.4 is 10.2 Å². The number of nitrogens with one attached hydrogen (secondary N) is 1. The van der Waals surface area contributed by atoms with Gasteiger partial charge in [0.15, 0.2) is 0 Å². The molecule has 3 aromatic rings. The molecule has 0 aliphatic carbocycles. The molecule has 2 amide bonds. The molecule has 0 radical (unpaired) electrons.